The van der Waals surface area contributed by atoms with E-state index in [1.165, 1.54) is 0 Å². The van der Waals surface area contributed by atoms with Gasteiger partial charge in [0.25, 0.3) is 5.91 Å². The van der Waals surface area contributed by atoms with E-state index in [1.807, 2.05) is 67.6 Å². The number of hydrogen-bond donors (Lipinski definition) is 0. The monoisotopic (exact) mass is 339 g/mol. The normalized spacial score (nSPS) is 10.6. The van der Waals surface area contributed by atoms with Gasteiger partial charge in [0.05, 0.1) is 12.8 Å². The van der Waals surface area contributed by atoms with Crippen molar-refractivity contribution in [1.29, 1.82) is 0 Å². The molecule has 1 amide bonds. The Hall–Kier alpha value is -2.52. The van der Waals surface area contributed by atoms with Gasteiger partial charge in [-0.2, -0.15) is 0 Å². The molecule has 2 aromatic carbocycles. The summed E-state index contributed by atoms with van der Waals surface area (Å²) in [7, 11) is 0. The smallest absolute Gasteiger partial charge is 0.254 e. The van der Waals surface area contributed by atoms with Gasteiger partial charge in [0.1, 0.15) is 5.76 Å². The first-order chi connectivity index (χ1) is 11.6. The van der Waals surface area contributed by atoms with E-state index in [1.54, 1.807) is 11.2 Å². The van der Waals surface area contributed by atoms with Gasteiger partial charge in [0.2, 0.25) is 0 Å². The van der Waals surface area contributed by atoms with Crippen LogP contribution in [0.3, 0.4) is 0 Å². The lowest BCUT2D eigenvalue weighted by molar-refractivity contribution is 0.0717. The van der Waals surface area contributed by atoms with E-state index in [9.17, 15) is 4.79 Å². The van der Waals surface area contributed by atoms with Crippen LogP contribution < -0.4 is 0 Å². The lowest BCUT2D eigenvalue weighted by atomic mass is 10.1. The van der Waals surface area contributed by atoms with Crippen LogP contribution in [-0.4, -0.2) is 10.8 Å². The molecule has 3 aromatic rings. The van der Waals surface area contributed by atoms with Crippen molar-refractivity contribution in [1.82, 2.24) is 4.90 Å². The second kappa shape index (κ2) is 7.37. The summed E-state index contributed by atoms with van der Waals surface area (Å²) in [6, 6.07) is 18.8. The minimum atomic E-state index is -0.0265. The second-order valence-electron chi connectivity index (χ2n) is 5.73. The topological polar surface area (TPSA) is 33.5 Å². The number of rotatable bonds is 5. The highest BCUT2D eigenvalue weighted by atomic mass is 35.5. The predicted octanol–water partition coefficient (Wildman–Crippen LogP) is 5.08. The molecule has 0 atom stereocenters. The molecule has 0 radical (unpaired) electrons. The first-order valence-corrected chi connectivity index (χ1v) is 8.12. The number of amides is 1. The van der Waals surface area contributed by atoms with E-state index in [4.69, 9.17) is 16.0 Å². The molecule has 3 nitrogen and oxygen atoms in total. The standard InChI is InChI=1S/C20H18ClNO2/c1-15-4-8-17(9-5-15)20(23)22(14-19-3-2-12-24-19)13-16-6-10-18(21)11-7-16/h2-12H,13-14H2,1H3. The fourth-order valence-electron chi connectivity index (χ4n) is 2.48. The molecule has 0 spiro atoms. The van der Waals surface area contributed by atoms with Crippen molar-refractivity contribution in [2.75, 3.05) is 0 Å². The molecule has 0 saturated heterocycles. The number of furan rings is 1. The van der Waals surface area contributed by atoms with Gasteiger partial charge in [-0.15, -0.1) is 0 Å². The summed E-state index contributed by atoms with van der Waals surface area (Å²) < 4.78 is 5.41. The van der Waals surface area contributed by atoms with Gasteiger partial charge >= 0.3 is 0 Å². The van der Waals surface area contributed by atoms with Crippen molar-refractivity contribution in [3.05, 3.63) is 94.4 Å². The fourth-order valence-corrected chi connectivity index (χ4v) is 2.61. The highest BCUT2D eigenvalue weighted by Crippen LogP contribution is 2.17. The molecule has 0 fully saturated rings. The third-order valence-corrected chi connectivity index (χ3v) is 4.05. The van der Waals surface area contributed by atoms with Crippen LogP contribution in [0, 0.1) is 6.92 Å². The van der Waals surface area contributed by atoms with Crippen LogP contribution >= 0.6 is 11.6 Å². The largest absolute Gasteiger partial charge is 0.467 e. The second-order valence-corrected chi connectivity index (χ2v) is 6.17. The van der Waals surface area contributed by atoms with E-state index in [0.29, 0.717) is 23.7 Å². The number of carbonyl (C=O) groups excluding carboxylic acids is 1. The van der Waals surface area contributed by atoms with Crippen LogP contribution in [0.5, 0.6) is 0 Å². The van der Waals surface area contributed by atoms with Crippen molar-refractivity contribution in [3.63, 3.8) is 0 Å². The third-order valence-electron chi connectivity index (χ3n) is 3.80. The Kier molecular flexibility index (Phi) is 5.02. The van der Waals surface area contributed by atoms with E-state index in [2.05, 4.69) is 0 Å². The summed E-state index contributed by atoms with van der Waals surface area (Å²) in [5.41, 5.74) is 2.81. The van der Waals surface area contributed by atoms with E-state index < -0.39 is 0 Å². The highest BCUT2D eigenvalue weighted by molar-refractivity contribution is 6.30. The number of benzene rings is 2. The molecule has 4 heteroatoms. The molecule has 0 aliphatic heterocycles. The summed E-state index contributed by atoms with van der Waals surface area (Å²) in [5, 5.41) is 0.682. The van der Waals surface area contributed by atoms with Crippen LogP contribution in [0.25, 0.3) is 0 Å². The van der Waals surface area contributed by atoms with Gasteiger partial charge in [-0.25, -0.2) is 0 Å². The van der Waals surface area contributed by atoms with E-state index >= 15 is 0 Å². The number of aryl methyl sites for hydroxylation is 1. The van der Waals surface area contributed by atoms with Gasteiger partial charge in [0.15, 0.2) is 0 Å². The first kappa shape index (κ1) is 16.3. The fraction of sp³-hybridized carbons (Fsp3) is 0.150. The molecular formula is C20H18ClNO2. The Morgan fingerprint density at radius 1 is 1.00 bits per heavy atom. The maximum absolute atomic E-state index is 12.9. The van der Waals surface area contributed by atoms with E-state index in [-0.39, 0.29) is 5.91 Å². The molecule has 0 saturated carbocycles. The molecular weight excluding hydrogens is 322 g/mol. The predicted molar refractivity (Wildman–Crippen MR) is 94.9 cm³/mol. The third kappa shape index (κ3) is 4.06. The lowest BCUT2D eigenvalue weighted by Crippen LogP contribution is -2.30. The zero-order valence-electron chi connectivity index (χ0n) is 13.4. The number of carbonyl (C=O) groups is 1. The van der Waals surface area contributed by atoms with Gasteiger partial charge in [0, 0.05) is 17.1 Å². The minimum Gasteiger partial charge on any atom is -0.467 e. The molecule has 122 valence electrons. The number of nitrogens with zero attached hydrogens (tertiary/aromatic N) is 1. The summed E-state index contributed by atoms with van der Waals surface area (Å²) in [6.07, 6.45) is 1.62. The van der Waals surface area contributed by atoms with Crippen molar-refractivity contribution in [2.45, 2.75) is 20.0 Å². The molecule has 1 aromatic heterocycles. The van der Waals surface area contributed by atoms with Gasteiger partial charge in [-0.05, 0) is 48.9 Å². The maximum Gasteiger partial charge on any atom is 0.254 e. The number of hydrogen-bond acceptors (Lipinski definition) is 2. The van der Waals surface area contributed by atoms with Crippen LogP contribution in [-0.2, 0) is 13.1 Å². The Balaban J connectivity index is 1.84. The quantitative estimate of drug-likeness (QED) is 0.649. The van der Waals surface area contributed by atoms with Crippen LogP contribution in [0.15, 0.2) is 71.3 Å². The highest BCUT2D eigenvalue weighted by Gasteiger charge is 2.17. The molecule has 0 unspecified atom stereocenters. The zero-order valence-corrected chi connectivity index (χ0v) is 14.2. The van der Waals surface area contributed by atoms with Crippen LogP contribution in [0.2, 0.25) is 5.02 Å². The molecule has 1 heterocycles. The minimum absolute atomic E-state index is 0.0265. The molecule has 24 heavy (non-hydrogen) atoms. The number of halogens is 1. The van der Waals surface area contributed by atoms with Crippen LogP contribution in [0.4, 0.5) is 0 Å². The SMILES string of the molecule is Cc1ccc(C(=O)N(Cc2ccc(Cl)cc2)Cc2ccco2)cc1. The Bertz CT molecular complexity index is 793. The molecule has 0 N–H and O–H groups in total. The summed E-state index contributed by atoms with van der Waals surface area (Å²) in [6.45, 7) is 2.91. The van der Waals surface area contributed by atoms with Crippen LogP contribution in [0.1, 0.15) is 27.2 Å². The maximum atomic E-state index is 12.9. The molecule has 3 rings (SSSR count). The summed E-state index contributed by atoms with van der Waals surface area (Å²) >= 11 is 5.94. The van der Waals surface area contributed by atoms with Crippen molar-refractivity contribution in [3.8, 4) is 0 Å². The summed E-state index contributed by atoms with van der Waals surface area (Å²) in [5.74, 6) is 0.728. The average molecular weight is 340 g/mol. The van der Waals surface area contributed by atoms with Crippen molar-refractivity contribution >= 4 is 17.5 Å². The molecule has 0 aliphatic carbocycles. The Morgan fingerprint density at radius 3 is 2.33 bits per heavy atom. The molecule has 0 bridgehead atoms. The molecule has 0 aliphatic rings. The van der Waals surface area contributed by atoms with Crippen molar-refractivity contribution < 1.29 is 9.21 Å². The Morgan fingerprint density at radius 2 is 1.71 bits per heavy atom. The van der Waals surface area contributed by atoms with Crippen molar-refractivity contribution in [2.24, 2.45) is 0 Å². The van der Waals surface area contributed by atoms with E-state index in [0.717, 1.165) is 16.9 Å². The van der Waals surface area contributed by atoms with Gasteiger partial charge in [-0.1, -0.05) is 41.4 Å². The Labute approximate surface area is 146 Å². The first-order valence-electron chi connectivity index (χ1n) is 7.74. The van der Waals surface area contributed by atoms with Gasteiger partial charge < -0.3 is 9.32 Å². The average Bonchev–Trinajstić information content (AvgIpc) is 3.09. The lowest BCUT2D eigenvalue weighted by Gasteiger charge is -2.22. The van der Waals surface area contributed by atoms with Gasteiger partial charge in [-0.3, -0.25) is 4.79 Å². The summed E-state index contributed by atoms with van der Waals surface area (Å²) in [4.78, 5) is 14.7. The zero-order chi connectivity index (χ0) is 16.9.